The minimum Gasteiger partial charge on any atom is -0.493 e. The number of carbonyl (C=O) groups is 6. The fraction of sp³-hybridized carbons (Fsp3) is 0.438. The number of ether oxygens (including phenoxy) is 3. The first-order valence-corrected chi connectivity index (χ1v) is 32.4. The lowest BCUT2D eigenvalue weighted by Gasteiger charge is -2.25. The highest BCUT2D eigenvalue weighted by atomic mass is 33.1. The minimum absolute atomic E-state index is 0.0132. The van der Waals surface area contributed by atoms with Crippen molar-refractivity contribution in [3.05, 3.63) is 136 Å². The maximum Gasteiger partial charge on any atom is 0.277 e. The molecule has 1 unspecified atom stereocenters. The van der Waals surface area contributed by atoms with Gasteiger partial charge in [-0.15, -0.1) is 0 Å². The van der Waals surface area contributed by atoms with Crippen LogP contribution < -0.4 is 39.5 Å². The first kappa shape index (κ1) is 61.7. The van der Waals surface area contributed by atoms with E-state index in [1.165, 1.54) is 21.6 Å². The van der Waals surface area contributed by atoms with Crippen LogP contribution in [0.4, 0.5) is 22.7 Å². The molecule has 0 bridgehead atoms. The average Bonchev–Trinajstić information content (AvgIpc) is 2.38. The number of ketones is 2. The monoisotopic (exact) mass is 1200 g/mol. The molecular weight excluding hydrogens is 1130 g/mol. The second kappa shape index (κ2) is 26.2. The number of para-hydroxylation sites is 2. The number of aryl methyl sites for hydroxylation is 2. The fourth-order valence-corrected chi connectivity index (χ4v) is 15.6. The van der Waals surface area contributed by atoms with Gasteiger partial charge in [-0.25, -0.2) is 0 Å². The highest BCUT2D eigenvalue weighted by Crippen LogP contribution is 2.43. The largest absolute Gasteiger partial charge is 0.493 e. The summed E-state index contributed by atoms with van der Waals surface area (Å²) >= 11 is 0. The summed E-state index contributed by atoms with van der Waals surface area (Å²) < 4.78 is 47.9. The van der Waals surface area contributed by atoms with E-state index in [1.54, 1.807) is 40.0 Å². The zero-order chi connectivity index (χ0) is 60.2. The molecule has 5 aromatic rings. The summed E-state index contributed by atoms with van der Waals surface area (Å²) in [7, 11) is 3.49. The van der Waals surface area contributed by atoms with Crippen LogP contribution in [0.3, 0.4) is 0 Å². The second-order valence-electron chi connectivity index (χ2n) is 22.9. The Balaban J connectivity index is 0.869. The van der Waals surface area contributed by atoms with Crippen molar-refractivity contribution in [1.82, 2.24) is 5.32 Å². The van der Waals surface area contributed by atoms with Crippen molar-refractivity contribution in [2.75, 3.05) is 53.6 Å². The molecule has 20 heteroatoms. The summed E-state index contributed by atoms with van der Waals surface area (Å²) in [5.41, 5.74) is 9.62. The summed E-state index contributed by atoms with van der Waals surface area (Å²) in [5, 5.41) is 4.59. The molecule has 4 aliphatic heterocycles. The Kier molecular flexibility index (Phi) is 19.2. The molecule has 4 heterocycles. The zero-order valence-electron chi connectivity index (χ0n) is 49.2. The van der Waals surface area contributed by atoms with Crippen molar-refractivity contribution in [2.24, 2.45) is 5.92 Å². The molecule has 5 atom stereocenters. The number of amides is 4. The Labute approximate surface area is 500 Å². The number of anilines is 4. The molecule has 446 valence electrons. The summed E-state index contributed by atoms with van der Waals surface area (Å²) in [5.74, 6) is -0.510. The predicted octanol–water partition coefficient (Wildman–Crippen LogP) is 10.4. The smallest absolute Gasteiger partial charge is 0.277 e. The van der Waals surface area contributed by atoms with Crippen LogP contribution in [-0.2, 0) is 66.0 Å². The number of nitrogens with zero attached hydrogens (tertiary/aromatic N) is 3. The number of nitrogens with one attached hydrogen (secondary N) is 2. The number of hydrogen-bond acceptors (Lipinski definition) is 15. The minimum atomic E-state index is -4.01. The van der Waals surface area contributed by atoms with Crippen molar-refractivity contribution in [2.45, 2.75) is 141 Å². The first-order valence-electron chi connectivity index (χ1n) is 28.6. The number of fused-ring (bicyclic) bond motifs is 8. The molecule has 0 radical (unpaired) electrons. The molecule has 2 N–H and O–H groups in total. The van der Waals surface area contributed by atoms with Crippen molar-refractivity contribution in [3.63, 3.8) is 0 Å². The fourth-order valence-electron chi connectivity index (χ4n) is 11.6. The summed E-state index contributed by atoms with van der Waals surface area (Å²) in [6.07, 6.45) is 3.65. The molecule has 0 fully saturated rings. The molecule has 84 heavy (non-hydrogen) atoms. The Morgan fingerprint density at radius 3 is 2.05 bits per heavy atom. The van der Waals surface area contributed by atoms with Gasteiger partial charge in [-0.3, -0.25) is 33.0 Å². The first-order chi connectivity index (χ1) is 40.1. The molecule has 0 saturated heterocycles. The van der Waals surface area contributed by atoms with E-state index in [9.17, 15) is 37.2 Å². The highest BCUT2D eigenvalue weighted by Gasteiger charge is 2.40. The summed E-state index contributed by atoms with van der Waals surface area (Å²) in [6.45, 7) is 11.5. The zero-order valence-corrected chi connectivity index (χ0v) is 51.7. The number of benzene rings is 5. The van der Waals surface area contributed by atoms with E-state index in [1.807, 2.05) is 104 Å². The van der Waals surface area contributed by atoms with Gasteiger partial charge in [0.15, 0.2) is 23.1 Å². The SMILES string of the molecule is CCC(=O)C(CCSSC(C)(C)CCC(=O)N[C@@H](C)C(=O)C[C@@H](C)C(=O)Nc1cc(COc2cc3c(cc2C)C(=O)N2c4ccccc4C[C@H]2CN3C)cc(COc2cc3c(cc2OC)C(=O)N2c4ccccc4C[C@H]2CC3)c1)S(=O)(=O)OC. The maximum absolute atomic E-state index is 14.3. The molecular formula is C64H75N5O12S3. The van der Waals surface area contributed by atoms with E-state index >= 15 is 0 Å². The summed E-state index contributed by atoms with van der Waals surface area (Å²) in [4.78, 5) is 87.5. The van der Waals surface area contributed by atoms with Gasteiger partial charge >= 0.3 is 0 Å². The van der Waals surface area contributed by atoms with E-state index in [4.69, 9.17) is 14.2 Å². The molecule has 0 spiro atoms. The van der Waals surface area contributed by atoms with E-state index in [0.29, 0.717) is 70.3 Å². The number of methoxy groups -OCH3 is 1. The number of hydrogen-bond donors (Lipinski definition) is 2. The Morgan fingerprint density at radius 2 is 1.39 bits per heavy atom. The summed E-state index contributed by atoms with van der Waals surface area (Å²) in [6, 6.07) is 28.3. The lowest BCUT2D eigenvalue weighted by Crippen LogP contribution is -2.41. The Morgan fingerprint density at radius 1 is 0.762 bits per heavy atom. The third-order valence-electron chi connectivity index (χ3n) is 16.3. The number of carbonyl (C=O) groups excluding carboxylic acids is 6. The van der Waals surface area contributed by atoms with E-state index < -0.39 is 43.8 Å². The van der Waals surface area contributed by atoms with Crippen LogP contribution in [0.25, 0.3) is 0 Å². The molecule has 0 aromatic heterocycles. The molecule has 17 nitrogen and oxygen atoms in total. The van der Waals surface area contributed by atoms with E-state index in [-0.39, 0.29) is 74.5 Å². The maximum atomic E-state index is 14.3. The number of likely N-dealkylation sites (N-methyl/N-ethyl adjacent to an activating group) is 1. The molecule has 5 aromatic carbocycles. The van der Waals surface area contributed by atoms with Crippen LogP contribution in [0, 0.1) is 12.8 Å². The number of Topliss-reactive ketones (excluding diaryl/α,β-unsaturated/α-hetero) is 2. The molecule has 4 amide bonds. The standard InChI is InChI=1S/C64H75N5O12S3/c1-10-54(70)59(84(76,77)79-9)22-24-82-83-64(5,6)23-21-60(72)65-40(4)55(71)26-39(3)61(73)66-46-28-41(36-80-56-34-53-50(25-38(56)2)63(75)69-48(35-67(53)7)31-45-16-12-14-18-52(45)69)27-42(29-46)37-81-58-32-43-19-20-47-30-44-15-11-13-17-51(44)68(47)62(74)49(43)33-57(58)78-8/h11-18,25,27-29,32-34,39-40,47-48,59H,10,19-24,26,30-31,35-37H2,1-9H3,(H,65,72)(H,66,73)/t39-,40+,47-,48+,59?/m1/s1. The van der Waals surface area contributed by atoms with Gasteiger partial charge in [0.25, 0.3) is 21.9 Å². The van der Waals surface area contributed by atoms with Gasteiger partial charge in [0.05, 0.1) is 37.6 Å². The van der Waals surface area contributed by atoms with Crippen LogP contribution in [0.1, 0.15) is 127 Å². The second-order valence-corrected chi connectivity index (χ2v) is 27.9. The van der Waals surface area contributed by atoms with E-state index in [2.05, 4.69) is 31.8 Å². The molecule has 0 aliphatic carbocycles. The van der Waals surface area contributed by atoms with Crippen molar-refractivity contribution in [1.29, 1.82) is 0 Å². The predicted molar refractivity (Wildman–Crippen MR) is 330 cm³/mol. The van der Waals surface area contributed by atoms with Gasteiger partial charge in [-0.2, -0.15) is 8.42 Å². The molecule has 4 aliphatic rings. The van der Waals surface area contributed by atoms with Gasteiger partial charge in [-0.1, -0.05) is 71.8 Å². The average molecular weight is 1200 g/mol. The highest BCUT2D eigenvalue weighted by molar-refractivity contribution is 8.77. The Hall–Kier alpha value is -6.87. The lowest BCUT2D eigenvalue weighted by atomic mass is 9.99. The van der Waals surface area contributed by atoms with Gasteiger partial charge < -0.3 is 39.5 Å². The third kappa shape index (κ3) is 13.8. The normalized spacial score (nSPS) is 17.3. The van der Waals surface area contributed by atoms with Gasteiger partial charge in [0.2, 0.25) is 11.8 Å². The molecule has 9 rings (SSSR count). The van der Waals surface area contributed by atoms with Crippen LogP contribution in [0.2, 0.25) is 0 Å². The van der Waals surface area contributed by atoms with Crippen molar-refractivity contribution >= 4 is 89.7 Å². The quantitative estimate of drug-likeness (QED) is 0.0317. The van der Waals surface area contributed by atoms with Crippen molar-refractivity contribution in [3.8, 4) is 17.2 Å². The van der Waals surface area contributed by atoms with E-state index in [0.717, 1.165) is 65.7 Å². The van der Waals surface area contributed by atoms with Gasteiger partial charge in [0.1, 0.15) is 24.2 Å². The number of rotatable bonds is 25. The van der Waals surface area contributed by atoms with Crippen LogP contribution in [0.5, 0.6) is 17.2 Å². The van der Waals surface area contributed by atoms with Crippen LogP contribution in [-0.4, -0.2) is 105 Å². The van der Waals surface area contributed by atoms with Gasteiger partial charge in [0, 0.05) is 84.0 Å². The van der Waals surface area contributed by atoms with Crippen LogP contribution >= 0.6 is 21.6 Å². The molecule has 0 saturated carbocycles. The Bertz CT molecular complexity index is 3480. The van der Waals surface area contributed by atoms with Crippen molar-refractivity contribution < 1.29 is 55.6 Å². The van der Waals surface area contributed by atoms with Gasteiger partial charge in [-0.05, 0) is 148 Å². The third-order valence-corrected chi connectivity index (χ3v) is 21.3. The lowest BCUT2D eigenvalue weighted by molar-refractivity contribution is -0.129. The topological polar surface area (TPSA) is 207 Å². The van der Waals surface area contributed by atoms with Crippen LogP contribution in [0.15, 0.2) is 91.0 Å².